The van der Waals surface area contributed by atoms with Crippen LogP contribution in [0.2, 0.25) is 0 Å². The highest BCUT2D eigenvalue weighted by molar-refractivity contribution is 5.90. The average molecular weight is 410 g/mol. The van der Waals surface area contributed by atoms with Crippen molar-refractivity contribution < 1.29 is 18.7 Å². The molecule has 156 valence electrons. The number of benzene rings is 2. The van der Waals surface area contributed by atoms with Crippen LogP contribution < -0.4 is 10.3 Å². The minimum atomic E-state index is -0.820. The summed E-state index contributed by atoms with van der Waals surface area (Å²) >= 11 is 0. The van der Waals surface area contributed by atoms with Gasteiger partial charge in [0.05, 0.1) is 20.1 Å². The Balaban J connectivity index is 2.26. The zero-order valence-corrected chi connectivity index (χ0v) is 17.0. The smallest absolute Gasteiger partial charge is 0.360 e. The van der Waals surface area contributed by atoms with Crippen molar-refractivity contribution in [3.63, 3.8) is 0 Å². The van der Waals surface area contributed by atoms with Crippen LogP contribution in [0.4, 0.5) is 4.39 Å². The SMILES string of the molecule is COC(=O)c1nc(C(CF)C(c2ccccc2)c2ccccc2)n(C)c(=O)c1OC. The van der Waals surface area contributed by atoms with Gasteiger partial charge in [0, 0.05) is 13.0 Å². The minimum absolute atomic E-state index is 0.140. The number of ether oxygens (including phenoxy) is 2. The fraction of sp³-hybridized carbons (Fsp3) is 0.261. The van der Waals surface area contributed by atoms with Crippen LogP contribution in [-0.2, 0) is 11.8 Å². The molecule has 7 heteroatoms. The number of nitrogens with zero attached hydrogens (tertiary/aromatic N) is 2. The first kappa shape index (κ1) is 21.2. The number of methoxy groups -OCH3 is 2. The Morgan fingerprint density at radius 1 is 1.03 bits per heavy atom. The first-order valence-corrected chi connectivity index (χ1v) is 9.42. The van der Waals surface area contributed by atoms with E-state index in [9.17, 15) is 14.0 Å². The normalized spacial score (nSPS) is 11.9. The average Bonchev–Trinajstić information content (AvgIpc) is 2.80. The maximum absolute atomic E-state index is 14.6. The summed E-state index contributed by atoms with van der Waals surface area (Å²) in [4.78, 5) is 29.4. The number of esters is 1. The van der Waals surface area contributed by atoms with Gasteiger partial charge >= 0.3 is 5.97 Å². The fourth-order valence-corrected chi connectivity index (χ4v) is 3.63. The van der Waals surface area contributed by atoms with Crippen LogP contribution in [0.3, 0.4) is 0 Å². The van der Waals surface area contributed by atoms with Gasteiger partial charge in [-0.1, -0.05) is 60.7 Å². The highest BCUT2D eigenvalue weighted by atomic mass is 19.1. The van der Waals surface area contributed by atoms with E-state index >= 15 is 0 Å². The molecule has 0 radical (unpaired) electrons. The van der Waals surface area contributed by atoms with Crippen molar-refractivity contribution in [1.82, 2.24) is 9.55 Å². The predicted molar refractivity (Wildman–Crippen MR) is 111 cm³/mol. The minimum Gasteiger partial charge on any atom is -0.489 e. The molecule has 1 aromatic heterocycles. The standard InChI is InChI=1S/C23H23FN2O4/c1-26-21(25-19(23(28)30-3)20(29-2)22(26)27)17(14-24)18(15-10-6-4-7-11-15)16-12-8-5-9-13-16/h4-13,17-18H,14H2,1-3H3. The highest BCUT2D eigenvalue weighted by Crippen LogP contribution is 2.38. The lowest BCUT2D eigenvalue weighted by atomic mass is 9.80. The Labute approximate surface area is 173 Å². The van der Waals surface area contributed by atoms with Gasteiger partial charge in [-0.25, -0.2) is 9.78 Å². The number of aromatic nitrogens is 2. The zero-order valence-electron chi connectivity index (χ0n) is 17.0. The summed E-state index contributed by atoms with van der Waals surface area (Å²) in [6.45, 7) is -0.790. The molecule has 3 aromatic rings. The van der Waals surface area contributed by atoms with E-state index in [1.807, 2.05) is 60.7 Å². The lowest BCUT2D eigenvalue weighted by Crippen LogP contribution is -2.31. The molecule has 1 atom stereocenters. The van der Waals surface area contributed by atoms with Gasteiger partial charge in [-0.15, -0.1) is 0 Å². The quantitative estimate of drug-likeness (QED) is 0.558. The highest BCUT2D eigenvalue weighted by Gasteiger charge is 2.32. The van der Waals surface area contributed by atoms with E-state index in [1.54, 1.807) is 0 Å². The second-order valence-electron chi connectivity index (χ2n) is 6.77. The van der Waals surface area contributed by atoms with Gasteiger partial charge in [0.2, 0.25) is 5.75 Å². The molecule has 0 amide bonds. The Morgan fingerprint density at radius 3 is 2.00 bits per heavy atom. The number of alkyl halides is 1. The predicted octanol–water partition coefficient (Wildman–Crippen LogP) is 3.46. The van der Waals surface area contributed by atoms with Crippen molar-refractivity contribution in [3.05, 3.63) is 93.7 Å². The van der Waals surface area contributed by atoms with Gasteiger partial charge in [-0.05, 0) is 11.1 Å². The summed E-state index contributed by atoms with van der Waals surface area (Å²) in [6, 6.07) is 18.9. The molecule has 3 rings (SSSR count). The van der Waals surface area contributed by atoms with Crippen molar-refractivity contribution in [3.8, 4) is 5.75 Å². The molecule has 0 saturated carbocycles. The monoisotopic (exact) mass is 410 g/mol. The molecule has 1 unspecified atom stereocenters. The van der Waals surface area contributed by atoms with E-state index in [-0.39, 0.29) is 17.3 Å². The third kappa shape index (κ3) is 3.96. The van der Waals surface area contributed by atoms with Crippen LogP contribution >= 0.6 is 0 Å². The molecule has 0 aliphatic carbocycles. The van der Waals surface area contributed by atoms with Gasteiger partial charge in [0.1, 0.15) is 12.5 Å². The van der Waals surface area contributed by atoms with Crippen LogP contribution in [0.1, 0.15) is 39.3 Å². The largest absolute Gasteiger partial charge is 0.489 e. The lowest BCUT2D eigenvalue weighted by Gasteiger charge is -2.27. The fourth-order valence-electron chi connectivity index (χ4n) is 3.63. The zero-order chi connectivity index (χ0) is 21.7. The van der Waals surface area contributed by atoms with Crippen LogP contribution in [0.15, 0.2) is 65.5 Å². The van der Waals surface area contributed by atoms with Gasteiger partial charge < -0.3 is 9.47 Å². The van der Waals surface area contributed by atoms with E-state index in [0.29, 0.717) is 0 Å². The maximum Gasteiger partial charge on any atom is 0.360 e. The number of rotatable bonds is 7. The van der Waals surface area contributed by atoms with Crippen molar-refractivity contribution in [2.24, 2.45) is 7.05 Å². The summed E-state index contributed by atoms with van der Waals surface area (Å²) in [7, 11) is 3.95. The summed E-state index contributed by atoms with van der Waals surface area (Å²) in [6.07, 6.45) is 0. The molecule has 0 aliphatic heterocycles. The number of carbonyl (C=O) groups excluding carboxylic acids is 1. The van der Waals surface area contributed by atoms with E-state index in [1.165, 1.54) is 25.8 Å². The van der Waals surface area contributed by atoms with E-state index in [0.717, 1.165) is 11.1 Å². The van der Waals surface area contributed by atoms with Crippen LogP contribution in [-0.4, -0.2) is 36.4 Å². The molecule has 0 aliphatic rings. The first-order valence-electron chi connectivity index (χ1n) is 9.42. The van der Waals surface area contributed by atoms with Crippen molar-refractivity contribution in [2.75, 3.05) is 20.9 Å². The second kappa shape index (κ2) is 9.35. The van der Waals surface area contributed by atoms with Crippen LogP contribution in [0.25, 0.3) is 0 Å². The van der Waals surface area contributed by atoms with Crippen LogP contribution in [0, 0.1) is 0 Å². The summed E-state index contributed by atoms with van der Waals surface area (Å²) in [5.41, 5.74) is 0.893. The van der Waals surface area contributed by atoms with Crippen molar-refractivity contribution in [2.45, 2.75) is 11.8 Å². The summed E-state index contributed by atoms with van der Waals surface area (Å²) < 4.78 is 25.6. The van der Waals surface area contributed by atoms with Crippen LogP contribution in [0.5, 0.6) is 5.75 Å². The van der Waals surface area contributed by atoms with Gasteiger partial charge in [0.25, 0.3) is 5.56 Å². The lowest BCUT2D eigenvalue weighted by molar-refractivity contribution is 0.0588. The molecule has 30 heavy (non-hydrogen) atoms. The summed E-state index contributed by atoms with van der Waals surface area (Å²) in [5, 5.41) is 0. The number of carbonyl (C=O) groups is 1. The topological polar surface area (TPSA) is 70.4 Å². The molecule has 0 bridgehead atoms. The van der Waals surface area contributed by atoms with Gasteiger partial charge in [-0.3, -0.25) is 13.8 Å². The molecule has 2 aromatic carbocycles. The Bertz CT molecular complexity index is 1030. The molecule has 1 heterocycles. The molecule has 0 N–H and O–H groups in total. The number of hydrogen-bond acceptors (Lipinski definition) is 5. The Hall–Kier alpha value is -3.48. The van der Waals surface area contributed by atoms with Crippen molar-refractivity contribution in [1.29, 1.82) is 0 Å². The molecule has 0 saturated heterocycles. The Morgan fingerprint density at radius 2 is 1.57 bits per heavy atom. The molecule has 0 fully saturated rings. The molecule has 6 nitrogen and oxygen atoms in total. The van der Waals surface area contributed by atoms with Crippen molar-refractivity contribution >= 4 is 5.97 Å². The summed E-state index contributed by atoms with van der Waals surface area (Å²) in [5.74, 6) is -2.15. The first-order chi connectivity index (χ1) is 14.5. The van der Waals surface area contributed by atoms with E-state index < -0.39 is 30.0 Å². The van der Waals surface area contributed by atoms with Gasteiger partial charge in [-0.2, -0.15) is 0 Å². The molecular formula is C23H23FN2O4. The molecular weight excluding hydrogens is 387 g/mol. The van der Waals surface area contributed by atoms with Gasteiger partial charge in [0.15, 0.2) is 5.69 Å². The number of halogens is 1. The third-order valence-corrected chi connectivity index (χ3v) is 5.08. The molecule has 0 spiro atoms. The Kier molecular flexibility index (Phi) is 6.61. The third-order valence-electron chi connectivity index (χ3n) is 5.08. The second-order valence-corrected chi connectivity index (χ2v) is 6.77. The van der Waals surface area contributed by atoms with E-state index in [2.05, 4.69) is 4.98 Å². The maximum atomic E-state index is 14.6. The number of hydrogen-bond donors (Lipinski definition) is 0. The van der Waals surface area contributed by atoms with E-state index in [4.69, 9.17) is 9.47 Å².